The molecule has 0 unspecified atom stereocenters. The molecule has 4 rings (SSSR count). The number of carbonyl (C=O) groups is 1. The molecular weight excluding hydrogens is 480 g/mol. The quantitative estimate of drug-likeness (QED) is 0.198. The summed E-state index contributed by atoms with van der Waals surface area (Å²) in [6.07, 6.45) is 0.457. The summed E-state index contributed by atoms with van der Waals surface area (Å²) in [4.78, 5) is 11.6. The number of hydrogen-bond acceptors (Lipinski definition) is 9. The van der Waals surface area contributed by atoms with Crippen molar-refractivity contribution in [1.82, 2.24) is 0 Å². The normalized spacial score (nSPS) is 46.3. The van der Waals surface area contributed by atoms with E-state index in [2.05, 4.69) is 33.8 Å². The molecule has 1 aliphatic heterocycles. The van der Waals surface area contributed by atoms with Crippen LogP contribution in [0.25, 0.3) is 0 Å². The zero-order valence-electron chi connectivity index (χ0n) is 22.8. The van der Waals surface area contributed by atoms with Crippen LogP contribution in [0, 0.1) is 28.1 Å². The Bertz CT molecular complexity index is 872. The Morgan fingerprint density at radius 2 is 1.76 bits per heavy atom. The molecule has 4 aliphatic rings. The fraction of sp³-hybridized carbons (Fsp3) is 0.893. The lowest BCUT2D eigenvalue weighted by Gasteiger charge is -2.62. The zero-order chi connectivity index (χ0) is 27.3. The number of fused-ring (bicyclic) bond motifs is 3. The smallest absolute Gasteiger partial charge is 0.303 e. The van der Waals surface area contributed by atoms with E-state index in [9.17, 15) is 30.3 Å². The molecule has 1 saturated heterocycles. The standard InChI is InChI=1S/C28H46O9/c1-15(31)35-21(14-30)27(4)10-8-17-16(12-27)6-7-19-26(2,3)20(9-11-28(17,19)5)37-25-24(34)23(33)22(32)18(13-29)36-25/h12,17-25,29-30,32-34H,6-11,13-14H2,1-5H3/t17-,18+,19-,20-,21+,22+,23-,24+,25-,27+,28+/m1/s1. The van der Waals surface area contributed by atoms with Crippen molar-refractivity contribution in [1.29, 1.82) is 0 Å². The number of hydrogen-bond donors (Lipinski definition) is 5. The summed E-state index contributed by atoms with van der Waals surface area (Å²) in [7, 11) is 0. The molecule has 2 saturated carbocycles. The highest BCUT2D eigenvalue weighted by Gasteiger charge is 2.59. The Morgan fingerprint density at radius 3 is 2.38 bits per heavy atom. The number of esters is 1. The van der Waals surface area contributed by atoms with Gasteiger partial charge in [0.2, 0.25) is 0 Å². The molecular formula is C28H46O9. The maximum Gasteiger partial charge on any atom is 0.303 e. The van der Waals surface area contributed by atoms with Crippen molar-refractivity contribution in [2.45, 2.75) is 116 Å². The molecule has 3 aliphatic carbocycles. The summed E-state index contributed by atoms with van der Waals surface area (Å²) in [5.74, 6) is 0.358. The van der Waals surface area contributed by atoms with Crippen LogP contribution in [0.2, 0.25) is 0 Å². The highest BCUT2D eigenvalue weighted by molar-refractivity contribution is 5.66. The Kier molecular flexibility index (Phi) is 8.20. The van der Waals surface area contributed by atoms with E-state index in [0.717, 1.165) is 38.5 Å². The van der Waals surface area contributed by atoms with E-state index >= 15 is 0 Å². The van der Waals surface area contributed by atoms with Gasteiger partial charge in [-0.2, -0.15) is 0 Å². The van der Waals surface area contributed by atoms with Crippen LogP contribution < -0.4 is 0 Å². The lowest BCUT2D eigenvalue weighted by Crippen LogP contribution is -2.62. The minimum Gasteiger partial charge on any atom is -0.459 e. The van der Waals surface area contributed by atoms with Gasteiger partial charge in [0.25, 0.3) is 0 Å². The van der Waals surface area contributed by atoms with E-state index in [1.54, 1.807) is 0 Å². The molecule has 9 heteroatoms. The lowest BCUT2D eigenvalue weighted by atomic mass is 9.45. The molecule has 37 heavy (non-hydrogen) atoms. The van der Waals surface area contributed by atoms with Gasteiger partial charge in [0, 0.05) is 12.3 Å². The van der Waals surface area contributed by atoms with Crippen LogP contribution in [0.15, 0.2) is 11.6 Å². The van der Waals surface area contributed by atoms with Crippen LogP contribution >= 0.6 is 0 Å². The van der Waals surface area contributed by atoms with Crippen molar-refractivity contribution in [3.63, 3.8) is 0 Å². The average Bonchev–Trinajstić information content (AvgIpc) is 2.83. The summed E-state index contributed by atoms with van der Waals surface area (Å²) < 4.78 is 17.5. The molecule has 0 bridgehead atoms. The molecule has 0 radical (unpaired) electrons. The molecule has 9 nitrogen and oxygen atoms in total. The van der Waals surface area contributed by atoms with Crippen molar-refractivity contribution in [3.05, 3.63) is 11.6 Å². The molecule has 212 valence electrons. The Hall–Kier alpha value is -1.07. The van der Waals surface area contributed by atoms with Gasteiger partial charge in [-0.05, 0) is 61.2 Å². The third kappa shape index (κ3) is 5.01. The highest BCUT2D eigenvalue weighted by atomic mass is 16.7. The van der Waals surface area contributed by atoms with Gasteiger partial charge in [-0.25, -0.2) is 0 Å². The zero-order valence-corrected chi connectivity index (χ0v) is 22.8. The number of aliphatic hydroxyl groups is 5. The monoisotopic (exact) mass is 526 g/mol. The molecule has 0 aromatic carbocycles. The summed E-state index contributed by atoms with van der Waals surface area (Å²) in [6, 6.07) is 0. The minimum absolute atomic E-state index is 0.0420. The topological polar surface area (TPSA) is 146 Å². The van der Waals surface area contributed by atoms with Gasteiger partial charge >= 0.3 is 5.97 Å². The highest BCUT2D eigenvalue weighted by Crippen LogP contribution is 2.64. The minimum atomic E-state index is -1.46. The fourth-order valence-electron chi connectivity index (χ4n) is 8.15. The molecule has 1 heterocycles. The predicted molar refractivity (Wildman–Crippen MR) is 134 cm³/mol. The number of allylic oxidation sites excluding steroid dienone is 1. The second-order valence-electron chi connectivity index (χ2n) is 12.9. The van der Waals surface area contributed by atoms with E-state index < -0.39 is 48.8 Å². The van der Waals surface area contributed by atoms with Crippen molar-refractivity contribution in [2.24, 2.45) is 28.1 Å². The summed E-state index contributed by atoms with van der Waals surface area (Å²) in [6.45, 7) is 9.55. The van der Waals surface area contributed by atoms with E-state index in [-0.39, 0.29) is 29.5 Å². The second-order valence-corrected chi connectivity index (χ2v) is 12.9. The van der Waals surface area contributed by atoms with Crippen LogP contribution in [0.4, 0.5) is 0 Å². The van der Waals surface area contributed by atoms with Crippen LogP contribution in [0.5, 0.6) is 0 Å². The fourth-order valence-corrected chi connectivity index (χ4v) is 8.15. The molecule has 0 amide bonds. The third-order valence-electron chi connectivity index (χ3n) is 10.3. The van der Waals surface area contributed by atoms with E-state index in [4.69, 9.17) is 14.2 Å². The third-order valence-corrected chi connectivity index (χ3v) is 10.3. The van der Waals surface area contributed by atoms with Crippen molar-refractivity contribution < 1.29 is 44.5 Å². The maximum atomic E-state index is 11.6. The largest absolute Gasteiger partial charge is 0.459 e. The van der Waals surface area contributed by atoms with Gasteiger partial charge in [-0.15, -0.1) is 0 Å². The van der Waals surface area contributed by atoms with Crippen LogP contribution in [-0.2, 0) is 19.0 Å². The molecule has 5 N–H and O–H groups in total. The van der Waals surface area contributed by atoms with Gasteiger partial charge < -0.3 is 39.7 Å². The average molecular weight is 527 g/mol. The van der Waals surface area contributed by atoms with E-state index in [0.29, 0.717) is 11.8 Å². The van der Waals surface area contributed by atoms with Crippen molar-refractivity contribution in [2.75, 3.05) is 13.2 Å². The first-order chi connectivity index (χ1) is 17.3. The van der Waals surface area contributed by atoms with E-state index in [1.165, 1.54) is 12.5 Å². The van der Waals surface area contributed by atoms with Gasteiger partial charge in [0.05, 0.1) is 19.3 Å². The lowest BCUT2D eigenvalue weighted by molar-refractivity contribution is -0.327. The first-order valence-electron chi connectivity index (χ1n) is 13.7. The molecule has 0 aromatic rings. The molecule has 0 aromatic heterocycles. The SMILES string of the molecule is CC(=O)O[C@@H](CO)[C@]1(C)C=C2CC[C@@H]3C(C)(C)[C@H](O[C@H]4O[C@@H](CO)[C@H](O)[C@@H](O)[C@@H]4O)CC[C@@]3(C)[C@@H]2CC1. The number of rotatable bonds is 6. The maximum absolute atomic E-state index is 11.6. The first kappa shape index (κ1) is 28.9. The Morgan fingerprint density at radius 1 is 1.05 bits per heavy atom. The molecule has 11 atom stereocenters. The molecule has 3 fully saturated rings. The van der Waals surface area contributed by atoms with Crippen molar-refractivity contribution in [3.8, 4) is 0 Å². The summed E-state index contributed by atoms with van der Waals surface area (Å²) in [5, 5.41) is 50.4. The predicted octanol–water partition coefficient (Wildman–Crippen LogP) is 1.67. The van der Waals surface area contributed by atoms with E-state index in [1.807, 2.05) is 0 Å². The molecule has 0 spiro atoms. The number of aliphatic hydroxyl groups excluding tert-OH is 5. The van der Waals surface area contributed by atoms with Crippen LogP contribution in [-0.4, -0.2) is 87.6 Å². The Labute approximate surface area is 219 Å². The van der Waals surface area contributed by atoms with Crippen LogP contribution in [0.3, 0.4) is 0 Å². The van der Waals surface area contributed by atoms with Gasteiger partial charge in [0.15, 0.2) is 6.29 Å². The van der Waals surface area contributed by atoms with Crippen LogP contribution in [0.1, 0.15) is 73.1 Å². The van der Waals surface area contributed by atoms with Gasteiger partial charge in [-0.3, -0.25) is 4.79 Å². The van der Waals surface area contributed by atoms with Gasteiger partial charge in [-0.1, -0.05) is 39.3 Å². The van der Waals surface area contributed by atoms with Gasteiger partial charge in [0.1, 0.15) is 30.5 Å². The van der Waals surface area contributed by atoms with Crippen molar-refractivity contribution >= 4 is 5.97 Å². The second kappa shape index (κ2) is 10.5. The summed E-state index contributed by atoms with van der Waals surface area (Å²) in [5.41, 5.74) is 0.792. The number of ether oxygens (including phenoxy) is 3. The summed E-state index contributed by atoms with van der Waals surface area (Å²) >= 11 is 0. The first-order valence-corrected chi connectivity index (χ1v) is 13.7. The number of carbonyl (C=O) groups excluding carboxylic acids is 1. The Balaban J connectivity index is 1.52.